The van der Waals surface area contributed by atoms with E-state index in [9.17, 15) is 0 Å². The van der Waals surface area contributed by atoms with Crippen LogP contribution in [0, 0.1) is 0 Å². The van der Waals surface area contributed by atoms with Crippen molar-refractivity contribution < 1.29 is 0 Å². The summed E-state index contributed by atoms with van der Waals surface area (Å²) in [4.78, 5) is 0.715. The molecule has 1 heterocycles. The molecule has 0 aliphatic carbocycles. The van der Waals surface area contributed by atoms with Gasteiger partial charge in [0.05, 0.1) is 5.52 Å². The third kappa shape index (κ3) is 4.75. The minimum absolute atomic E-state index is 0.715. The molecule has 16 heavy (non-hydrogen) atoms. The number of aromatic amines is 1. The van der Waals surface area contributed by atoms with Crippen molar-refractivity contribution in [2.24, 2.45) is 0 Å². The van der Waals surface area contributed by atoms with Gasteiger partial charge in [-0.05, 0) is 18.6 Å². The summed E-state index contributed by atoms with van der Waals surface area (Å²) in [5.74, 6) is 0. The molecule has 0 bridgehead atoms. The maximum absolute atomic E-state index is 3.81. The Morgan fingerprint density at radius 2 is 2.12 bits per heavy atom. The molecular weight excluding hydrogens is 266 g/mol. The van der Waals surface area contributed by atoms with Gasteiger partial charge in [-0.25, -0.2) is 0 Å². The van der Waals surface area contributed by atoms with Gasteiger partial charge in [0.2, 0.25) is 0 Å². The third-order valence-electron chi connectivity index (χ3n) is 2.19. The lowest BCUT2D eigenvalue weighted by Gasteiger charge is -1.96. The normalized spacial score (nSPS) is 11.9. The summed E-state index contributed by atoms with van der Waals surface area (Å²) in [6.45, 7) is 4.41. The zero-order chi connectivity index (χ0) is 11.8. The number of unbranched alkanes of at least 4 members (excludes halogenated alkanes) is 1. The topological polar surface area (TPSA) is 41.6 Å². The first-order valence-corrected chi connectivity index (χ1v) is 6.55. The molecule has 1 atom stereocenters. The van der Waals surface area contributed by atoms with E-state index < -0.39 is 0 Å². The van der Waals surface area contributed by atoms with Gasteiger partial charge in [0.1, 0.15) is 5.52 Å². The largest absolute Gasteiger partial charge is 0.258 e. The lowest BCUT2D eigenvalue weighted by molar-refractivity contribution is 0.719. The van der Waals surface area contributed by atoms with Crippen molar-refractivity contribution in [2.75, 3.05) is 0 Å². The fraction of sp³-hybridized carbons (Fsp3) is 0.500. The van der Waals surface area contributed by atoms with Crippen LogP contribution in [-0.4, -0.2) is 20.2 Å². The quantitative estimate of drug-likeness (QED) is 0.868. The second-order valence-electron chi connectivity index (χ2n) is 3.75. The Morgan fingerprint density at radius 3 is 2.69 bits per heavy atom. The minimum atomic E-state index is 0.715. The molecule has 1 aromatic carbocycles. The number of hydrogen-bond acceptors (Lipinski definition) is 2. The Morgan fingerprint density at radius 1 is 1.38 bits per heavy atom. The number of para-hydroxylation sites is 1. The first-order valence-electron chi connectivity index (χ1n) is 5.64. The van der Waals surface area contributed by atoms with Crippen LogP contribution in [0.25, 0.3) is 11.0 Å². The Bertz CT molecular complexity index is 368. The minimum Gasteiger partial charge on any atom is -0.258 e. The van der Waals surface area contributed by atoms with Crippen LogP contribution in [0.4, 0.5) is 0 Å². The molecule has 4 heteroatoms. The van der Waals surface area contributed by atoms with Gasteiger partial charge in [-0.3, -0.25) is 5.10 Å². The Kier molecular flexibility index (Phi) is 6.08. The van der Waals surface area contributed by atoms with Crippen LogP contribution in [0.5, 0.6) is 0 Å². The van der Waals surface area contributed by atoms with E-state index in [2.05, 4.69) is 45.2 Å². The number of fused-ring (bicyclic) bond motifs is 1. The summed E-state index contributed by atoms with van der Waals surface area (Å²) in [5.41, 5.74) is 1.90. The average Bonchev–Trinajstić information content (AvgIpc) is 2.75. The molecule has 0 spiro atoms. The van der Waals surface area contributed by atoms with Crippen molar-refractivity contribution in [3.63, 3.8) is 0 Å². The van der Waals surface area contributed by atoms with Crippen molar-refractivity contribution in [1.29, 1.82) is 0 Å². The van der Waals surface area contributed by atoms with Crippen LogP contribution in [0.2, 0.25) is 0 Å². The Hall–Kier alpha value is -0.900. The lowest BCUT2D eigenvalue weighted by atomic mass is 10.2. The van der Waals surface area contributed by atoms with Crippen LogP contribution in [0.15, 0.2) is 24.3 Å². The van der Waals surface area contributed by atoms with Gasteiger partial charge in [0, 0.05) is 4.83 Å². The van der Waals surface area contributed by atoms with E-state index in [4.69, 9.17) is 0 Å². The Balaban J connectivity index is 0.000000168. The molecule has 0 fully saturated rings. The Labute approximate surface area is 105 Å². The van der Waals surface area contributed by atoms with E-state index in [1.807, 2.05) is 24.3 Å². The van der Waals surface area contributed by atoms with Gasteiger partial charge in [-0.1, -0.05) is 60.0 Å². The van der Waals surface area contributed by atoms with E-state index in [1.165, 1.54) is 19.3 Å². The fourth-order valence-electron chi connectivity index (χ4n) is 1.27. The van der Waals surface area contributed by atoms with Crippen LogP contribution in [-0.2, 0) is 0 Å². The van der Waals surface area contributed by atoms with Crippen LogP contribution < -0.4 is 0 Å². The van der Waals surface area contributed by atoms with Gasteiger partial charge in [0.25, 0.3) is 0 Å². The molecule has 88 valence electrons. The lowest BCUT2D eigenvalue weighted by Crippen LogP contribution is -1.86. The number of nitrogens with zero attached hydrogens (tertiary/aromatic N) is 2. The summed E-state index contributed by atoms with van der Waals surface area (Å²) in [6.07, 6.45) is 3.98. The van der Waals surface area contributed by atoms with Gasteiger partial charge in [-0.2, -0.15) is 0 Å². The molecule has 0 aliphatic rings. The maximum atomic E-state index is 3.81. The highest BCUT2D eigenvalue weighted by Crippen LogP contribution is 2.07. The summed E-state index contributed by atoms with van der Waals surface area (Å²) < 4.78 is 0. The second kappa shape index (κ2) is 7.39. The van der Waals surface area contributed by atoms with Crippen LogP contribution in [0.1, 0.15) is 33.1 Å². The number of hydrogen-bond donors (Lipinski definition) is 1. The summed E-state index contributed by atoms with van der Waals surface area (Å²) in [6, 6.07) is 7.74. The number of nitrogens with one attached hydrogen (secondary N) is 1. The van der Waals surface area contributed by atoms with E-state index in [-0.39, 0.29) is 0 Å². The molecule has 1 unspecified atom stereocenters. The molecule has 0 amide bonds. The number of alkyl halides is 1. The van der Waals surface area contributed by atoms with E-state index in [0.717, 1.165) is 11.0 Å². The number of benzene rings is 1. The molecule has 0 aliphatic heterocycles. The maximum Gasteiger partial charge on any atom is 0.112 e. The first-order chi connectivity index (χ1) is 7.74. The van der Waals surface area contributed by atoms with Gasteiger partial charge in [-0.15, -0.1) is 5.10 Å². The van der Waals surface area contributed by atoms with Gasteiger partial charge >= 0.3 is 0 Å². The van der Waals surface area contributed by atoms with Gasteiger partial charge in [0.15, 0.2) is 0 Å². The molecule has 1 N–H and O–H groups in total. The molecule has 0 radical (unpaired) electrons. The predicted molar refractivity (Wildman–Crippen MR) is 71.8 cm³/mol. The summed E-state index contributed by atoms with van der Waals surface area (Å²) in [5, 5.41) is 10.2. The summed E-state index contributed by atoms with van der Waals surface area (Å²) in [7, 11) is 0. The highest BCUT2D eigenvalue weighted by molar-refractivity contribution is 9.09. The summed E-state index contributed by atoms with van der Waals surface area (Å²) >= 11 is 3.48. The van der Waals surface area contributed by atoms with E-state index in [1.54, 1.807) is 0 Å². The monoisotopic (exact) mass is 283 g/mol. The molecular formula is C12H18BrN3. The zero-order valence-electron chi connectivity index (χ0n) is 9.78. The predicted octanol–water partition coefficient (Wildman–Crippen LogP) is 3.92. The zero-order valence-corrected chi connectivity index (χ0v) is 11.4. The molecule has 2 aromatic rings. The average molecular weight is 284 g/mol. The standard InChI is InChI=1S/C6H13Br.C6H5N3/c1-3-4-5-6(2)7;1-2-4-6-5(3-1)7-9-8-6/h6H,3-5H2,1-2H3;1-4H,(H,7,8,9). The first kappa shape index (κ1) is 13.2. The van der Waals surface area contributed by atoms with Crippen molar-refractivity contribution in [1.82, 2.24) is 15.4 Å². The molecule has 1 aromatic heterocycles. The van der Waals surface area contributed by atoms with E-state index in [0.29, 0.717) is 4.83 Å². The SMILES string of the molecule is CCCCC(C)Br.c1ccc2[nH]nnc2c1. The second-order valence-corrected chi connectivity index (χ2v) is 5.32. The van der Waals surface area contributed by atoms with E-state index >= 15 is 0 Å². The highest BCUT2D eigenvalue weighted by Gasteiger charge is 1.91. The van der Waals surface area contributed by atoms with Crippen LogP contribution in [0.3, 0.4) is 0 Å². The number of rotatable bonds is 3. The van der Waals surface area contributed by atoms with Crippen molar-refractivity contribution >= 4 is 27.0 Å². The molecule has 0 saturated heterocycles. The van der Waals surface area contributed by atoms with Crippen molar-refractivity contribution in [2.45, 2.75) is 37.9 Å². The third-order valence-corrected chi connectivity index (χ3v) is 2.65. The molecule has 2 rings (SSSR count). The number of aromatic nitrogens is 3. The highest BCUT2D eigenvalue weighted by atomic mass is 79.9. The smallest absolute Gasteiger partial charge is 0.112 e. The fourth-order valence-corrected chi connectivity index (χ4v) is 1.60. The van der Waals surface area contributed by atoms with Crippen molar-refractivity contribution in [3.05, 3.63) is 24.3 Å². The van der Waals surface area contributed by atoms with Crippen LogP contribution >= 0.6 is 15.9 Å². The van der Waals surface area contributed by atoms with Crippen molar-refractivity contribution in [3.8, 4) is 0 Å². The number of halogens is 1. The molecule has 3 nitrogen and oxygen atoms in total. The van der Waals surface area contributed by atoms with Gasteiger partial charge < -0.3 is 0 Å². The molecule has 0 saturated carbocycles. The number of H-pyrrole nitrogens is 1.